The predicted molar refractivity (Wildman–Crippen MR) is 145 cm³/mol. The highest BCUT2D eigenvalue weighted by Gasteiger charge is 2.44. The van der Waals surface area contributed by atoms with Gasteiger partial charge in [-0.3, -0.25) is 14.4 Å². The average Bonchev–Trinajstić information content (AvgIpc) is 3.17. The van der Waals surface area contributed by atoms with Crippen molar-refractivity contribution in [1.82, 2.24) is 9.88 Å². The summed E-state index contributed by atoms with van der Waals surface area (Å²) in [6.45, 7) is 3.95. The summed E-state index contributed by atoms with van der Waals surface area (Å²) in [6.07, 6.45) is 1.23. The molecule has 0 aliphatic heterocycles. The monoisotopic (exact) mass is 496 g/mol. The minimum atomic E-state index is -1.22. The summed E-state index contributed by atoms with van der Waals surface area (Å²) in [5.74, 6) is -1.22. The number of hydrogen-bond donors (Lipinski definition) is 3. The molecule has 0 radical (unpaired) electrons. The van der Waals surface area contributed by atoms with Crippen molar-refractivity contribution in [1.29, 1.82) is 0 Å². The molecule has 7 nitrogen and oxygen atoms in total. The van der Waals surface area contributed by atoms with Crippen molar-refractivity contribution in [2.75, 3.05) is 0 Å². The summed E-state index contributed by atoms with van der Waals surface area (Å²) in [4.78, 5) is 38.7. The van der Waals surface area contributed by atoms with Gasteiger partial charge in [-0.25, -0.2) is 0 Å². The van der Waals surface area contributed by atoms with Crippen LogP contribution < -0.4 is 16.8 Å². The van der Waals surface area contributed by atoms with Gasteiger partial charge in [-0.05, 0) is 46.7 Å². The number of rotatable bonds is 7. The topological polar surface area (TPSA) is 120 Å². The molecule has 0 saturated heterocycles. The van der Waals surface area contributed by atoms with Crippen LogP contribution in [-0.4, -0.2) is 27.8 Å². The molecule has 7 heteroatoms. The first-order chi connectivity index (χ1) is 17.7. The molecule has 190 valence electrons. The fraction of sp³-hybridized carbons (Fsp3) is 0.300. The zero-order chi connectivity index (χ0) is 26.3. The summed E-state index contributed by atoms with van der Waals surface area (Å²) < 4.78 is 2.03. The third-order valence-electron chi connectivity index (χ3n) is 7.68. The second-order valence-corrected chi connectivity index (χ2v) is 10.4. The van der Waals surface area contributed by atoms with E-state index in [1.54, 1.807) is 0 Å². The highest BCUT2D eigenvalue weighted by atomic mass is 16.2. The zero-order valence-electron chi connectivity index (χ0n) is 21.2. The number of benzene rings is 3. The molecule has 1 aliphatic rings. The number of para-hydroxylation sites is 1. The Hall–Kier alpha value is -4.13. The number of nitrogens with two attached hydrogens (primary N) is 2. The Bertz CT molecular complexity index is 1530. The van der Waals surface area contributed by atoms with Crippen LogP contribution in [0.1, 0.15) is 43.1 Å². The smallest absolute Gasteiger partial charge is 0.243 e. The Morgan fingerprint density at radius 1 is 0.946 bits per heavy atom. The van der Waals surface area contributed by atoms with Gasteiger partial charge in [0.15, 0.2) is 0 Å². The van der Waals surface area contributed by atoms with E-state index in [4.69, 9.17) is 11.5 Å². The number of nitrogens with zero attached hydrogens (tertiary/aromatic N) is 1. The SMILES string of the molecule is CC(C)[C@@H](C(N)=O)n1c2c(c3ccccc31)C[C@@](NC(=O)Cc1cccc3ccccc13)(C(N)=O)CC2. The molecule has 0 spiro atoms. The van der Waals surface area contributed by atoms with Crippen LogP contribution in [0.5, 0.6) is 0 Å². The lowest BCUT2D eigenvalue weighted by atomic mass is 9.78. The van der Waals surface area contributed by atoms with E-state index < -0.39 is 23.4 Å². The lowest BCUT2D eigenvalue weighted by molar-refractivity contribution is -0.131. The van der Waals surface area contributed by atoms with Gasteiger partial charge in [0.05, 0.1) is 6.42 Å². The Balaban J connectivity index is 1.51. The second kappa shape index (κ2) is 9.39. The van der Waals surface area contributed by atoms with Crippen LogP contribution in [0.25, 0.3) is 21.7 Å². The fourth-order valence-electron chi connectivity index (χ4n) is 5.96. The zero-order valence-corrected chi connectivity index (χ0v) is 21.2. The minimum Gasteiger partial charge on any atom is -0.368 e. The molecule has 0 unspecified atom stereocenters. The van der Waals surface area contributed by atoms with Crippen LogP contribution >= 0.6 is 0 Å². The molecule has 1 aromatic heterocycles. The maximum atomic E-state index is 13.3. The van der Waals surface area contributed by atoms with Crippen molar-refractivity contribution in [3.05, 3.63) is 83.6 Å². The van der Waals surface area contributed by atoms with E-state index in [1.165, 1.54) is 0 Å². The first-order valence-corrected chi connectivity index (χ1v) is 12.7. The largest absolute Gasteiger partial charge is 0.368 e. The fourth-order valence-corrected chi connectivity index (χ4v) is 5.96. The van der Waals surface area contributed by atoms with Crippen molar-refractivity contribution in [3.8, 4) is 0 Å². The molecule has 5 N–H and O–H groups in total. The number of carbonyl (C=O) groups excluding carboxylic acids is 3. The van der Waals surface area contributed by atoms with Gasteiger partial charge >= 0.3 is 0 Å². The van der Waals surface area contributed by atoms with E-state index in [9.17, 15) is 14.4 Å². The molecule has 0 bridgehead atoms. The third kappa shape index (κ3) is 4.24. The minimum absolute atomic E-state index is 0.0133. The van der Waals surface area contributed by atoms with Crippen LogP contribution in [0.2, 0.25) is 0 Å². The summed E-state index contributed by atoms with van der Waals surface area (Å²) in [5, 5.41) is 6.03. The van der Waals surface area contributed by atoms with Gasteiger partial charge in [-0.2, -0.15) is 0 Å². The summed E-state index contributed by atoms with van der Waals surface area (Å²) in [6, 6.07) is 21.1. The van der Waals surface area contributed by atoms with E-state index in [-0.39, 0.29) is 24.7 Å². The molecule has 37 heavy (non-hydrogen) atoms. The molecule has 2 atom stereocenters. The van der Waals surface area contributed by atoms with Crippen molar-refractivity contribution in [2.24, 2.45) is 17.4 Å². The number of fused-ring (bicyclic) bond motifs is 4. The van der Waals surface area contributed by atoms with Gasteiger partial charge in [0, 0.05) is 23.0 Å². The first-order valence-electron chi connectivity index (χ1n) is 12.7. The molecule has 3 amide bonds. The molecular formula is C30H32N4O3. The van der Waals surface area contributed by atoms with Crippen LogP contribution in [0.4, 0.5) is 0 Å². The van der Waals surface area contributed by atoms with Gasteiger partial charge in [0.25, 0.3) is 0 Å². The number of nitrogens with one attached hydrogen (secondary N) is 1. The van der Waals surface area contributed by atoms with Crippen LogP contribution in [0.3, 0.4) is 0 Å². The normalized spacial score (nSPS) is 18.0. The number of hydrogen-bond acceptors (Lipinski definition) is 3. The highest BCUT2D eigenvalue weighted by Crippen LogP contribution is 2.39. The Morgan fingerprint density at radius 3 is 2.32 bits per heavy atom. The Labute approximate surface area is 215 Å². The highest BCUT2D eigenvalue weighted by molar-refractivity contribution is 5.96. The number of amides is 3. The van der Waals surface area contributed by atoms with Crippen molar-refractivity contribution < 1.29 is 14.4 Å². The van der Waals surface area contributed by atoms with Crippen LogP contribution in [0.15, 0.2) is 66.7 Å². The summed E-state index contributed by atoms with van der Waals surface area (Å²) in [5.41, 5.74) is 14.3. The Kier molecular flexibility index (Phi) is 6.23. The van der Waals surface area contributed by atoms with Gasteiger partial charge in [0.1, 0.15) is 11.6 Å². The summed E-state index contributed by atoms with van der Waals surface area (Å²) in [7, 11) is 0. The lowest BCUT2D eigenvalue weighted by Gasteiger charge is -2.36. The van der Waals surface area contributed by atoms with Crippen molar-refractivity contribution >= 4 is 39.4 Å². The second-order valence-electron chi connectivity index (χ2n) is 10.4. The molecule has 0 saturated carbocycles. The van der Waals surface area contributed by atoms with Crippen molar-refractivity contribution in [2.45, 2.75) is 51.1 Å². The van der Waals surface area contributed by atoms with E-state index in [0.29, 0.717) is 12.8 Å². The third-order valence-corrected chi connectivity index (χ3v) is 7.68. The molecule has 1 heterocycles. The van der Waals surface area contributed by atoms with Crippen LogP contribution in [-0.2, 0) is 33.6 Å². The maximum absolute atomic E-state index is 13.3. The first kappa shape index (κ1) is 24.6. The number of aromatic nitrogens is 1. The van der Waals surface area contributed by atoms with Gasteiger partial charge in [-0.15, -0.1) is 0 Å². The molecule has 4 aromatic rings. The summed E-state index contributed by atoms with van der Waals surface area (Å²) >= 11 is 0. The maximum Gasteiger partial charge on any atom is 0.243 e. The lowest BCUT2D eigenvalue weighted by Crippen LogP contribution is -2.60. The Morgan fingerprint density at radius 2 is 1.62 bits per heavy atom. The number of carbonyl (C=O) groups is 3. The van der Waals surface area contributed by atoms with E-state index in [1.807, 2.05) is 85.1 Å². The predicted octanol–water partition coefficient (Wildman–Crippen LogP) is 3.55. The average molecular weight is 497 g/mol. The molecule has 5 rings (SSSR count). The van der Waals surface area contributed by atoms with Gasteiger partial charge in [-0.1, -0.05) is 74.5 Å². The van der Waals surface area contributed by atoms with E-state index in [0.717, 1.165) is 38.5 Å². The van der Waals surface area contributed by atoms with Gasteiger partial charge in [0.2, 0.25) is 17.7 Å². The van der Waals surface area contributed by atoms with Crippen LogP contribution in [0, 0.1) is 5.92 Å². The molecule has 3 aromatic carbocycles. The van der Waals surface area contributed by atoms with E-state index in [2.05, 4.69) is 5.32 Å². The van der Waals surface area contributed by atoms with E-state index >= 15 is 0 Å². The standard InChI is InChI=1S/C30H32N4O3/c1-18(2)27(28(31)36)34-24-13-6-5-12-22(24)23-17-30(29(32)37,15-14-25(23)34)33-26(35)16-20-10-7-9-19-8-3-4-11-21(19)20/h3-13,18,27H,14-17H2,1-2H3,(H2,31,36)(H2,32,37)(H,33,35)/t27-,30+/m0/s1. The molecular weight excluding hydrogens is 464 g/mol. The number of primary amides is 2. The van der Waals surface area contributed by atoms with Crippen molar-refractivity contribution in [3.63, 3.8) is 0 Å². The van der Waals surface area contributed by atoms with Gasteiger partial charge < -0.3 is 21.4 Å². The molecule has 1 aliphatic carbocycles. The molecule has 0 fully saturated rings. The quantitative estimate of drug-likeness (QED) is 0.363.